The van der Waals surface area contributed by atoms with Gasteiger partial charge in [-0.05, 0) is 49.6 Å². The summed E-state index contributed by atoms with van der Waals surface area (Å²) in [4.78, 5) is 14.4. The van der Waals surface area contributed by atoms with Crippen molar-refractivity contribution in [3.63, 3.8) is 0 Å². The first-order valence-corrected chi connectivity index (χ1v) is 7.88. The van der Waals surface area contributed by atoms with Crippen molar-refractivity contribution in [3.8, 4) is 0 Å². The number of carbonyl (C=O) groups is 1. The number of carbonyl (C=O) groups excluding carboxylic acids is 1. The summed E-state index contributed by atoms with van der Waals surface area (Å²) >= 11 is 0. The normalized spacial score (nSPS) is 14.3. The van der Waals surface area contributed by atoms with Crippen LogP contribution in [0.4, 0.5) is 25.8 Å². The van der Waals surface area contributed by atoms with E-state index in [0.717, 1.165) is 36.2 Å². The molecular weight excluding hydrogens is 348 g/mol. The van der Waals surface area contributed by atoms with Crippen molar-refractivity contribution < 1.29 is 13.6 Å². The highest BCUT2D eigenvalue weighted by Crippen LogP contribution is 2.32. The second-order valence-electron chi connectivity index (χ2n) is 5.90. The van der Waals surface area contributed by atoms with Gasteiger partial charge in [0.15, 0.2) is 0 Å². The van der Waals surface area contributed by atoms with E-state index >= 15 is 0 Å². The molecule has 0 aromatic heterocycles. The Morgan fingerprint density at radius 1 is 1.20 bits per heavy atom. The fourth-order valence-corrected chi connectivity index (χ4v) is 3.07. The van der Waals surface area contributed by atoms with E-state index in [1.54, 1.807) is 6.92 Å². The SMILES string of the molecule is CC(C(=O)Nc1c(F)cccc1F)N1CCCc2c(N)cccc21.Cl. The minimum absolute atomic E-state index is 0. The van der Waals surface area contributed by atoms with Crippen LogP contribution in [0.5, 0.6) is 0 Å². The molecule has 0 bridgehead atoms. The molecule has 1 unspecified atom stereocenters. The molecule has 0 radical (unpaired) electrons. The van der Waals surface area contributed by atoms with Crippen LogP contribution in [0.25, 0.3) is 0 Å². The first-order valence-electron chi connectivity index (χ1n) is 7.88. The Hall–Kier alpha value is -2.34. The quantitative estimate of drug-likeness (QED) is 0.812. The van der Waals surface area contributed by atoms with E-state index in [9.17, 15) is 13.6 Å². The van der Waals surface area contributed by atoms with Crippen molar-refractivity contribution in [1.82, 2.24) is 0 Å². The number of fused-ring (bicyclic) bond motifs is 1. The number of hydrogen-bond acceptors (Lipinski definition) is 3. The molecule has 7 heteroatoms. The Kier molecular flexibility index (Phi) is 5.85. The summed E-state index contributed by atoms with van der Waals surface area (Å²) < 4.78 is 27.4. The standard InChI is InChI=1S/C18H19F2N3O.ClH/c1-11(18(24)22-17-13(19)6-2-7-14(17)20)23-10-4-5-12-15(21)8-3-9-16(12)23;/h2-3,6-9,11H,4-5,10,21H2,1H3,(H,22,24);1H. The highest BCUT2D eigenvalue weighted by molar-refractivity contribution is 5.97. The Labute approximate surface area is 151 Å². The molecular formula is C18H20ClF2N3O. The van der Waals surface area contributed by atoms with E-state index in [0.29, 0.717) is 12.2 Å². The molecule has 1 amide bonds. The average molecular weight is 368 g/mol. The zero-order chi connectivity index (χ0) is 17.3. The van der Waals surface area contributed by atoms with E-state index in [2.05, 4.69) is 5.32 Å². The number of anilines is 3. The van der Waals surface area contributed by atoms with Gasteiger partial charge in [0.25, 0.3) is 0 Å². The van der Waals surface area contributed by atoms with Crippen molar-refractivity contribution in [3.05, 3.63) is 53.6 Å². The zero-order valence-electron chi connectivity index (χ0n) is 13.8. The van der Waals surface area contributed by atoms with Crippen molar-refractivity contribution >= 4 is 35.4 Å². The Morgan fingerprint density at radius 3 is 2.52 bits per heavy atom. The molecule has 134 valence electrons. The number of nitrogens with one attached hydrogen (secondary N) is 1. The van der Waals surface area contributed by atoms with Crippen LogP contribution in [0.3, 0.4) is 0 Å². The van der Waals surface area contributed by atoms with Gasteiger partial charge in [-0.2, -0.15) is 0 Å². The first-order chi connectivity index (χ1) is 11.5. The largest absolute Gasteiger partial charge is 0.398 e. The number of halogens is 3. The maximum Gasteiger partial charge on any atom is 0.246 e. The fraction of sp³-hybridized carbons (Fsp3) is 0.278. The highest BCUT2D eigenvalue weighted by atomic mass is 35.5. The molecule has 1 aliphatic heterocycles. The van der Waals surface area contributed by atoms with Gasteiger partial charge in [0.2, 0.25) is 5.91 Å². The molecule has 4 nitrogen and oxygen atoms in total. The average Bonchev–Trinajstić information content (AvgIpc) is 2.57. The third-order valence-corrected chi connectivity index (χ3v) is 4.38. The Morgan fingerprint density at radius 2 is 1.84 bits per heavy atom. The molecule has 2 aromatic carbocycles. The predicted molar refractivity (Wildman–Crippen MR) is 98.2 cm³/mol. The number of rotatable bonds is 3. The number of para-hydroxylation sites is 1. The predicted octanol–water partition coefficient (Wildman–Crippen LogP) is 3.75. The van der Waals surface area contributed by atoms with E-state index in [1.165, 1.54) is 6.07 Å². The molecule has 0 saturated carbocycles. The smallest absolute Gasteiger partial charge is 0.246 e. The van der Waals surface area contributed by atoms with E-state index in [4.69, 9.17) is 5.73 Å². The second kappa shape index (κ2) is 7.70. The molecule has 1 aliphatic rings. The fourth-order valence-electron chi connectivity index (χ4n) is 3.07. The van der Waals surface area contributed by atoms with Crippen molar-refractivity contribution in [2.75, 3.05) is 22.5 Å². The molecule has 0 aliphatic carbocycles. The van der Waals surface area contributed by atoms with Gasteiger partial charge in [-0.15, -0.1) is 12.4 Å². The third kappa shape index (κ3) is 3.69. The zero-order valence-corrected chi connectivity index (χ0v) is 14.6. The summed E-state index contributed by atoms with van der Waals surface area (Å²) in [6.07, 6.45) is 1.72. The van der Waals surface area contributed by atoms with E-state index in [1.807, 2.05) is 23.1 Å². The number of nitrogens with zero attached hydrogens (tertiary/aromatic N) is 1. The lowest BCUT2D eigenvalue weighted by Gasteiger charge is -2.36. The molecule has 3 N–H and O–H groups in total. The Bertz CT molecular complexity index is 765. The van der Waals surface area contributed by atoms with Gasteiger partial charge in [-0.3, -0.25) is 4.79 Å². The summed E-state index contributed by atoms with van der Waals surface area (Å²) in [5, 5.41) is 2.36. The molecule has 0 spiro atoms. The molecule has 3 rings (SSSR count). The topological polar surface area (TPSA) is 58.4 Å². The van der Waals surface area contributed by atoms with Gasteiger partial charge in [0.1, 0.15) is 23.4 Å². The third-order valence-electron chi connectivity index (χ3n) is 4.38. The van der Waals surface area contributed by atoms with Crippen LogP contribution >= 0.6 is 12.4 Å². The monoisotopic (exact) mass is 367 g/mol. The number of amides is 1. The Balaban J connectivity index is 0.00000225. The number of nitrogen functional groups attached to an aromatic ring is 1. The summed E-state index contributed by atoms with van der Waals surface area (Å²) in [6, 6.07) is 8.49. The minimum Gasteiger partial charge on any atom is -0.398 e. The van der Waals surface area contributed by atoms with Gasteiger partial charge in [0, 0.05) is 17.9 Å². The van der Waals surface area contributed by atoms with Crippen LogP contribution in [0, 0.1) is 11.6 Å². The summed E-state index contributed by atoms with van der Waals surface area (Å²) in [5.74, 6) is -2.05. The van der Waals surface area contributed by atoms with Crippen LogP contribution in [-0.2, 0) is 11.2 Å². The molecule has 1 atom stereocenters. The lowest BCUT2D eigenvalue weighted by Crippen LogP contribution is -2.45. The van der Waals surface area contributed by atoms with E-state index in [-0.39, 0.29) is 12.4 Å². The van der Waals surface area contributed by atoms with Crippen molar-refractivity contribution in [2.24, 2.45) is 0 Å². The molecule has 2 aromatic rings. The summed E-state index contributed by atoms with van der Waals surface area (Å²) in [5.41, 5.74) is 8.21. The lowest BCUT2D eigenvalue weighted by molar-refractivity contribution is -0.117. The van der Waals surface area contributed by atoms with E-state index < -0.39 is 29.3 Å². The maximum atomic E-state index is 13.7. The van der Waals surface area contributed by atoms with Gasteiger partial charge in [-0.25, -0.2) is 8.78 Å². The van der Waals surface area contributed by atoms with Gasteiger partial charge < -0.3 is 16.0 Å². The molecule has 25 heavy (non-hydrogen) atoms. The van der Waals surface area contributed by atoms with Crippen LogP contribution in [-0.4, -0.2) is 18.5 Å². The van der Waals surface area contributed by atoms with Gasteiger partial charge in [-0.1, -0.05) is 12.1 Å². The van der Waals surface area contributed by atoms with Crippen molar-refractivity contribution in [2.45, 2.75) is 25.8 Å². The van der Waals surface area contributed by atoms with Crippen LogP contribution in [0.15, 0.2) is 36.4 Å². The van der Waals surface area contributed by atoms with Crippen LogP contribution in [0.2, 0.25) is 0 Å². The number of nitrogens with two attached hydrogens (primary N) is 1. The van der Waals surface area contributed by atoms with Gasteiger partial charge >= 0.3 is 0 Å². The summed E-state index contributed by atoms with van der Waals surface area (Å²) in [7, 11) is 0. The molecule has 0 fully saturated rings. The second-order valence-corrected chi connectivity index (χ2v) is 5.90. The lowest BCUT2D eigenvalue weighted by atomic mass is 9.98. The first kappa shape index (κ1) is 19.0. The van der Waals surface area contributed by atoms with Crippen LogP contribution < -0.4 is 16.0 Å². The van der Waals surface area contributed by atoms with Crippen molar-refractivity contribution in [1.29, 1.82) is 0 Å². The molecule has 0 saturated heterocycles. The number of hydrogen-bond donors (Lipinski definition) is 2. The summed E-state index contributed by atoms with van der Waals surface area (Å²) in [6.45, 7) is 2.40. The number of benzene rings is 2. The van der Waals surface area contributed by atoms with Gasteiger partial charge in [0.05, 0.1) is 0 Å². The maximum absolute atomic E-state index is 13.7. The minimum atomic E-state index is -0.793. The highest BCUT2D eigenvalue weighted by Gasteiger charge is 2.27. The molecule has 1 heterocycles. The van der Waals surface area contributed by atoms with Crippen LogP contribution in [0.1, 0.15) is 18.9 Å².